The molecule has 1 atom stereocenters. The van der Waals surface area contributed by atoms with Crippen molar-refractivity contribution in [2.75, 3.05) is 13.1 Å². The Bertz CT molecular complexity index is 557. The van der Waals surface area contributed by atoms with Gasteiger partial charge in [-0.25, -0.2) is 4.68 Å². The molecule has 1 aliphatic carbocycles. The maximum absolute atomic E-state index is 4.10. The van der Waals surface area contributed by atoms with Crippen LogP contribution in [0.15, 0.2) is 36.7 Å². The van der Waals surface area contributed by atoms with Gasteiger partial charge in [-0.2, -0.15) is 0 Å². The number of hydrogen-bond acceptors (Lipinski definition) is 3. The zero-order valence-corrected chi connectivity index (χ0v) is 10.9. The minimum Gasteiger partial charge on any atom is -0.292 e. The van der Waals surface area contributed by atoms with Crippen LogP contribution in [0.4, 0.5) is 0 Å². The van der Waals surface area contributed by atoms with E-state index in [1.807, 2.05) is 10.9 Å². The van der Waals surface area contributed by atoms with E-state index < -0.39 is 0 Å². The van der Waals surface area contributed by atoms with E-state index in [-0.39, 0.29) is 0 Å². The molecule has 1 fully saturated rings. The molecule has 2 aliphatic rings. The molecule has 1 aromatic carbocycles. The Morgan fingerprint density at radius 1 is 1.16 bits per heavy atom. The number of aryl methyl sites for hydroxylation is 1. The Morgan fingerprint density at radius 3 is 2.89 bits per heavy atom. The van der Waals surface area contributed by atoms with Crippen molar-refractivity contribution in [1.82, 2.24) is 19.9 Å². The third kappa shape index (κ3) is 1.87. The molecule has 4 heteroatoms. The lowest BCUT2D eigenvalue weighted by Crippen LogP contribution is -2.50. The van der Waals surface area contributed by atoms with Gasteiger partial charge in [0.2, 0.25) is 0 Å². The Hall–Kier alpha value is -1.68. The minimum atomic E-state index is 0.511. The van der Waals surface area contributed by atoms with E-state index >= 15 is 0 Å². The van der Waals surface area contributed by atoms with Gasteiger partial charge in [0.25, 0.3) is 0 Å². The quantitative estimate of drug-likeness (QED) is 0.824. The average molecular weight is 254 g/mol. The smallest absolute Gasteiger partial charge is 0.0790 e. The first-order valence-electron chi connectivity index (χ1n) is 7.09. The van der Waals surface area contributed by atoms with E-state index in [4.69, 9.17) is 0 Å². The maximum atomic E-state index is 4.10. The van der Waals surface area contributed by atoms with Crippen LogP contribution in [0.5, 0.6) is 0 Å². The van der Waals surface area contributed by atoms with Crippen molar-refractivity contribution < 1.29 is 0 Å². The molecule has 98 valence electrons. The van der Waals surface area contributed by atoms with Crippen molar-refractivity contribution in [3.8, 4) is 0 Å². The van der Waals surface area contributed by atoms with Crippen LogP contribution in [0.1, 0.15) is 36.1 Å². The molecule has 19 heavy (non-hydrogen) atoms. The van der Waals surface area contributed by atoms with Gasteiger partial charge < -0.3 is 0 Å². The molecule has 0 bridgehead atoms. The summed E-state index contributed by atoms with van der Waals surface area (Å²) in [6.45, 7) is 2.20. The predicted octanol–water partition coefficient (Wildman–Crippen LogP) is 2.21. The summed E-state index contributed by atoms with van der Waals surface area (Å²) in [7, 11) is 0. The summed E-state index contributed by atoms with van der Waals surface area (Å²) >= 11 is 0. The third-order valence-electron chi connectivity index (χ3n) is 4.48. The van der Waals surface area contributed by atoms with Crippen molar-refractivity contribution in [2.45, 2.75) is 31.3 Å². The highest BCUT2D eigenvalue weighted by molar-refractivity contribution is 5.32. The van der Waals surface area contributed by atoms with Crippen LogP contribution in [-0.4, -0.2) is 33.0 Å². The highest BCUT2D eigenvalue weighted by atomic mass is 15.5. The first-order chi connectivity index (χ1) is 9.42. The lowest BCUT2D eigenvalue weighted by Gasteiger charge is -2.46. The lowest BCUT2D eigenvalue weighted by molar-refractivity contribution is 0.0433. The molecular formula is C15H18N4. The first kappa shape index (κ1) is 11.2. The van der Waals surface area contributed by atoms with Gasteiger partial charge in [-0.1, -0.05) is 29.5 Å². The molecule has 0 amide bonds. The second-order valence-corrected chi connectivity index (χ2v) is 5.60. The van der Waals surface area contributed by atoms with E-state index in [0.717, 1.165) is 13.1 Å². The van der Waals surface area contributed by atoms with Gasteiger partial charge in [0.05, 0.1) is 12.2 Å². The fraction of sp³-hybridized carbons (Fsp3) is 0.467. The van der Waals surface area contributed by atoms with Gasteiger partial charge in [0, 0.05) is 25.3 Å². The minimum absolute atomic E-state index is 0.511. The second kappa shape index (κ2) is 4.46. The molecule has 1 aromatic heterocycles. The molecular weight excluding hydrogens is 236 g/mol. The Balaban J connectivity index is 1.51. The molecule has 0 radical (unpaired) electrons. The van der Waals surface area contributed by atoms with Gasteiger partial charge in [0.1, 0.15) is 0 Å². The van der Waals surface area contributed by atoms with Crippen molar-refractivity contribution in [3.63, 3.8) is 0 Å². The summed E-state index contributed by atoms with van der Waals surface area (Å²) in [5.41, 5.74) is 3.09. The topological polar surface area (TPSA) is 34.0 Å². The van der Waals surface area contributed by atoms with Crippen molar-refractivity contribution in [3.05, 3.63) is 47.8 Å². The van der Waals surface area contributed by atoms with E-state index in [1.165, 1.54) is 19.3 Å². The normalized spacial score (nSPS) is 23.9. The number of hydrogen-bond donors (Lipinski definition) is 0. The van der Waals surface area contributed by atoms with Crippen LogP contribution in [-0.2, 0) is 6.42 Å². The number of benzene rings is 1. The van der Waals surface area contributed by atoms with Gasteiger partial charge in [0.15, 0.2) is 0 Å². The van der Waals surface area contributed by atoms with Crippen molar-refractivity contribution >= 4 is 0 Å². The Kier molecular flexibility index (Phi) is 2.62. The van der Waals surface area contributed by atoms with E-state index in [2.05, 4.69) is 39.5 Å². The monoisotopic (exact) mass is 254 g/mol. The highest BCUT2D eigenvalue weighted by Crippen LogP contribution is 2.38. The van der Waals surface area contributed by atoms with Gasteiger partial charge in [-0.05, 0) is 30.4 Å². The number of rotatable bonds is 2. The molecule has 4 nitrogen and oxygen atoms in total. The largest absolute Gasteiger partial charge is 0.292 e. The molecule has 4 rings (SSSR count). The molecule has 1 unspecified atom stereocenters. The van der Waals surface area contributed by atoms with Crippen LogP contribution in [0, 0.1) is 0 Å². The molecule has 2 aromatic rings. The molecule has 2 heterocycles. The fourth-order valence-electron chi connectivity index (χ4n) is 3.43. The standard InChI is InChI=1S/C15H18N4/c1-2-6-14-12(4-1)5-3-7-15(14)18-10-13(11-18)19-9-8-16-17-19/h1-2,4,6,8-9,13,15H,3,5,7,10-11H2. The van der Waals surface area contributed by atoms with Crippen LogP contribution in [0.25, 0.3) is 0 Å². The van der Waals surface area contributed by atoms with Crippen LogP contribution in [0.3, 0.4) is 0 Å². The summed E-state index contributed by atoms with van der Waals surface area (Å²) < 4.78 is 1.99. The summed E-state index contributed by atoms with van der Waals surface area (Å²) in [4.78, 5) is 2.59. The number of aromatic nitrogens is 3. The predicted molar refractivity (Wildman–Crippen MR) is 72.8 cm³/mol. The maximum Gasteiger partial charge on any atom is 0.0790 e. The summed E-state index contributed by atoms with van der Waals surface area (Å²) in [6, 6.07) is 10.1. The van der Waals surface area contributed by atoms with Gasteiger partial charge in [-0.3, -0.25) is 4.90 Å². The van der Waals surface area contributed by atoms with Gasteiger partial charge in [-0.15, -0.1) is 5.10 Å². The lowest BCUT2D eigenvalue weighted by atomic mass is 9.85. The summed E-state index contributed by atoms with van der Waals surface area (Å²) in [5.74, 6) is 0. The zero-order valence-electron chi connectivity index (χ0n) is 10.9. The Labute approximate surface area is 113 Å². The zero-order chi connectivity index (χ0) is 12.7. The number of fused-ring (bicyclic) bond motifs is 1. The van der Waals surface area contributed by atoms with Crippen LogP contribution >= 0.6 is 0 Å². The fourth-order valence-corrected chi connectivity index (χ4v) is 3.43. The van der Waals surface area contributed by atoms with E-state index in [1.54, 1.807) is 17.3 Å². The van der Waals surface area contributed by atoms with E-state index in [0.29, 0.717) is 12.1 Å². The summed E-state index contributed by atoms with van der Waals surface area (Å²) in [5, 5.41) is 8.00. The molecule has 0 spiro atoms. The summed E-state index contributed by atoms with van der Waals surface area (Å²) in [6.07, 6.45) is 7.58. The number of likely N-dealkylation sites (tertiary alicyclic amines) is 1. The Morgan fingerprint density at radius 2 is 2.05 bits per heavy atom. The molecule has 0 saturated carbocycles. The first-order valence-corrected chi connectivity index (χ1v) is 7.09. The average Bonchev–Trinajstić information content (AvgIpc) is 2.91. The van der Waals surface area contributed by atoms with Gasteiger partial charge >= 0.3 is 0 Å². The van der Waals surface area contributed by atoms with Crippen LogP contribution in [0.2, 0.25) is 0 Å². The van der Waals surface area contributed by atoms with Crippen molar-refractivity contribution in [1.29, 1.82) is 0 Å². The SMILES string of the molecule is c1ccc2c(c1)CCCC2N1CC(n2ccnn2)C1. The molecule has 1 saturated heterocycles. The van der Waals surface area contributed by atoms with Crippen LogP contribution < -0.4 is 0 Å². The number of nitrogens with zero attached hydrogens (tertiary/aromatic N) is 4. The molecule has 0 N–H and O–H groups in total. The third-order valence-corrected chi connectivity index (χ3v) is 4.48. The molecule has 1 aliphatic heterocycles. The second-order valence-electron chi connectivity index (χ2n) is 5.60. The van der Waals surface area contributed by atoms with Crippen molar-refractivity contribution in [2.24, 2.45) is 0 Å². The highest BCUT2D eigenvalue weighted by Gasteiger charge is 2.36. The van der Waals surface area contributed by atoms with E-state index in [9.17, 15) is 0 Å².